The Morgan fingerprint density at radius 1 is 1.17 bits per heavy atom. The van der Waals surface area contributed by atoms with Gasteiger partial charge in [0, 0.05) is 25.2 Å². The van der Waals surface area contributed by atoms with Crippen LogP contribution in [0, 0.1) is 6.92 Å². The minimum absolute atomic E-state index is 0. The van der Waals surface area contributed by atoms with E-state index in [9.17, 15) is 8.42 Å². The quantitative estimate of drug-likeness (QED) is 0.164. The number of halogens is 1. The fourth-order valence-electron chi connectivity index (χ4n) is 2.33. The van der Waals surface area contributed by atoms with E-state index >= 15 is 0 Å². The number of sulfonamides is 1. The molecule has 3 N–H and O–H groups in total. The van der Waals surface area contributed by atoms with Gasteiger partial charge < -0.3 is 15.4 Å². The highest BCUT2D eigenvalue weighted by molar-refractivity contribution is 14.0. The van der Waals surface area contributed by atoms with Crippen molar-refractivity contribution in [3.8, 4) is 5.75 Å². The second-order valence-corrected chi connectivity index (χ2v) is 8.82. The first-order valence-electron chi connectivity index (χ1n) is 10.1. The molecule has 29 heavy (non-hydrogen) atoms. The largest absolute Gasteiger partial charge is 0.490 e. The Morgan fingerprint density at radius 2 is 1.90 bits per heavy atom. The Kier molecular flexibility index (Phi) is 14.3. The summed E-state index contributed by atoms with van der Waals surface area (Å²) in [5.74, 6) is 1.68. The van der Waals surface area contributed by atoms with Crippen molar-refractivity contribution in [2.75, 3.05) is 25.4 Å². The number of nitrogens with zero attached hydrogens (tertiary/aromatic N) is 1. The maximum atomic E-state index is 11.4. The molecule has 0 spiro atoms. The zero-order valence-electron chi connectivity index (χ0n) is 18.2. The summed E-state index contributed by atoms with van der Waals surface area (Å²) in [5.41, 5.74) is 2.20. The number of benzene rings is 1. The van der Waals surface area contributed by atoms with Crippen LogP contribution < -0.4 is 20.1 Å². The predicted octanol–water partition coefficient (Wildman–Crippen LogP) is 3.17. The van der Waals surface area contributed by atoms with E-state index in [1.165, 1.54) is 0 Å². The van der Waals surface area contributed by atoms with Crippen LogP contribution in [0.4, 0.5) is 0 Å². The molecule has 1 atom stereocenters. The average Bonchev–Trinajstić information content (AvgIpc) is 2.66. The van der Waals surface area contributed by atoms with E-state index in [0.717, 1.165) is 29.8 Å². The smallest absolute Gasteiger partial charge is 0.211 e. The van der Waals surface area contributed by atoms with Gasteiger partial charge in [-0.1, -0.05) is 19.1 Å². The summed E-state index contributed by atoms with van der Waals surface area (Å²) in [4.78, 5) is 4.65. The molecule has 9 heteroatoms. The summed E-state index contributed by atoms with van der Waals surface area (Å²) in [7, 11) is -3.13. The standard InChI is InChI=1S/C20H36N4O3S.HI/c1-6-17(5)27-19-14-16(4)10-11-18(19)15-23-20(21-7-2)22-12-9-13-24-28(25,26)8-3;/h10-11,14,17,24H,6-9,12-13,15H2,1-5H3,(H2,21,22,23);1H. The van der Waals surface area contributed by atoms with Crippen LogP contribution in [-0.4, -0.2) is 45.9 Å². The van der Waals surface area contributed by atoms with Crippen molar-refractivity contribution in [3.05, 3.63) is 29.3 Å². The zero-order valence-corrected chi connectivity index (χ0v) is 21.4. The number of nitrogens with one attached hydrogen (secondary N) is 3. The lowest BCUT2D eigenvalue weighted by Crippen LogP contribution is -2.38. The number of guanidine groups is 1. The first-order valence-corrected chi connectivity index (χ1v) is 11.7. The number of aliphatic imine (C=N–C) groups is 1. The maximum absolute atomic E-state index is 11.4. The van der Waals surface area contributed by atoms with Crippen LogP contribution in [0.5, 0.6) is 5.75 Å². The van der Waals surface area contributed by atoms with E-state index in [0.29, 0.717) is 32.0 Å². The van der Waals surface area contributed by atoms with Gasteiger partial charge in [0.15, 0.2) is 5.96 Å². The van der Waals surface area contributed by atoms with Crippen molar-refractivity contribution in [2.24, 2.45) is 4.99 Å². The molecular weight excluding hydrogens is 503 g/mol. The molecule has 0 saturated carbocycles. The van der Waals surface area contributed by atoms with Gasteiger partial charge in [-0.2, -0.15) is 0 Å². The van der Waals surface area contributed by atoms with Gasteiger partial charge >= 0.3 is 0 Å². The lowest BCUT2D eigenvalue weighted by Gasteiger charge is -2.17. The summed E-state index contributed by atoms with van der Waals surface area (Å²) in [6.45, 7) is 12.1. The number of hydrogen-bond acceptors (Lipinski definition) is 4. The summed E-state index contributed by atoms with van der Waals surface area (Å²) in [6, 6.07) is 6.17. The van der Waals surface area contributed by atoms with Crippen molar-refractivity contribution >= 4 is 40.0 Å². The summed E-state index contributed by atoms with van der Waals surface area (Å²) in [6.07, 6.45) is 1.78. The highest BCUT2D eigenvalue weighted by Crippen LogP contribution is 2.23. The molecule has 0 aliphatic rings. The molecule has 0 amide bonds. The predicted molar refractivity (Wildman–Crippen MR) is 132 cm³/mol. The van der Waals surface area contributed by atoms with Crippen LogP contribution in [-0.2, 0) is 16.6 Å². The molecular formula is C20H37IN4O3S. The van der Waals surface area contributed by atoms with E-state index in [-0.39, 0.29) is 35.8 Å². The molecule has 1 unspecified atom stereocenters. The van der Waals surface area contributed by atoms with Crippen LogP contribution >= 0.6 is 24.0 Å². The van der Waals surface area contributed by atoms with E-state index in [4.69, 9.17) is 4.74 Å². The van der Waals surface area contributed by atoms with Crippen LogP contribution in [0.25, 0.3) is 0 Å². The first kappa shape index (κ1) is 27.9. The molecule has 1 aromatic carbocycles. The van der Waals surface area contributed by atoms with Gasteiger partial charge in [-0.25, -0.2) is 18.1 Å². The highest BCUT2D eigenvalue weighted by atomic mass is 127. The monoisotopic (exact) mass is 540 g/mol. The molecule has 1 rings (SSSR count). The third-order valence-corrected chi connectivity index (χ3v) is 5.63. The van der Waals surface area contributed by atoms with Crippen molar-refractivity contribution in [3.63, 3.8) is 0 Å². The molecule has 168 valence electrons. The number of hydrogen-bond donors (Lipinski definition) is 3. The molecule has 0 saturated heterocycles. The minimum Gasteiger partial charge on any atom is -0.490 e. The Labute approximate surface area is 193 Å². The molecule has 0 fully saturated rings. The van der Waals surface area contributed by atoms with Gasteiger partial charge in [-0.3, -0.25) is 0 Å². The van der Waals surface area contributed by atoms with E-state index < -0.39 is 10.0 Å². The fraction of sp³-hybridized carbons (Fsp3) is 0.650. The van der Waals surface area contributed by atoms with Crippen LogP contribution in [0.1, 0.15) is 51.7 Å². The highest BCUT2D eigenvalue weighted by Gasteiger charge is 2.08. The normalized spacial score (nSPS) is 12.8. The van der Waals surface area contributed by atoms with Gasteiger partial charge in [0.05, 0.1) is 18.4 Å². The molecule has 0 aromatic heterocycles. The van der Waals surface area contributed by atoms with Gasteiger partial charge in [0.2, 0.25) is 10.0 Å². The van der Waals surface area contributed by atoms with Crippen LogP contribution in [0.15, 0.2) is 23.2 Å². The number of rotatable bonds is 12. The van der Waals surface area contributed by atoms with Crippen LogP contribution in [0.3, 0.4) is 0 Å². The second-order valence-electron chi connectivity index (χ2n) is 6.72. The van der Waals surface area contributed by atoms with Crippen molar-refractivity contribution < 1.29 is 13.2 Å². The SMILES string of the molecule is CCNC(=NCc1ccc(C)cc1OC(C)CC)NCCCNS(=O)(=O)CC.I. The average molecular weight is 541 g/mol. The molecule has 0 bridgehead atoms. The molecule has 0 heterocycles. The number of ether oxygens (including phenoxy) is 1. The Hall–Kier alpha value is -1.07. The van der Waals surface area contributed by atoms with Crippen LogP contribution in [0.2, 0.25) is 0 Å². The third-order valence-electron chi connectivity index (χ3n) is 4.23. The topological polar surface area (TPSA) is 91.8 Å². The first-order chi connectivity index (χ1) is 13.3. The Balaban J connectivity index is 0.00000784. The summed E-state index contributed by atoms with van der Waals surface area (Å²) >= 11 is 0. The molecule has 7 nitrogen and oxygen atoms in total. The molecule has 1 aromatic rings. The summed E-state index contributed by atoms with van der Waals surface area (Å²) < 4.78 is 31.5. The van der Waals surface area contributed by atoms with E-state index in [1.807, 2.05) is 6.92 Å². The fourth-order valence-corrected chi connectivity index (χ4v) is 2.99. The number of aryl methyl sites for hydroxylation is 1. The Morgan fingerprint density at radius 3 is 2.52 bits per heavy atom. The van der Waals surface area contributed by atoms with Crippen molar-refractivity contribution in [2.45, 2.75) is 60.1 Å². The van der Waals surface area contributed by atoms with E-state index in [1.54, 1.807) is 6.92 Å². The van der Waals surface area contributed by atoms with Gasteiger partial charge in [0.1, 0.15) is 5.75 Å². The second kappa shape index (κ2) is 14.8. The summed E-state index contributed by atoms with van der Waals surface area (Å²) in [5, 5.41) is 6.45. The van der Waals surface area contributed by atoms with Gasteiger partial charge in [0.25, 0.3) is 0 Å². The van der Waals surface area contributed by atoms with Gasteiger partial charge in [-0.15, -0.1) is 24.0 Å². The van der Waals surface area contributed by atoms with Crippen molar-refractivity contribution in [1.82, 2.24) is 15.4 Å². The maximum Gasteiger partial charge on any atom is 0.211 e. The zero-order chi connectivity index (χ0) is 21.0. The lowest BCUT2D eigenvalue weighted by molar-refractivity contribution is 0.215. The lowest BCUT2D eigenvalue weighted by atomic mass is 10.1. The minimum atomic E-state index is -3.13. The Bertz CT molecular complexity index is 726. The molecule has 0 aliphatic heterocycles. The van der Waals surface area contributed by atoms with Crippen molar-refractivity contribution in [1.29, 1.82) is 0 Å². The third kappa shape index (κ3) is 11.6. The van der Waals surface area contributed by atoms with E-state index in [2.05, 4.69) is 59.3 Å². The molecule has 0 aliphatic carbocycles. The van der Waals surface area contributed by atoms with Gasteiger partial charge in [-0.05, 0) is 52.2 Å². The molecule has 0 radical (unpaired) electrons.